The Bertz CT molecular complexity index is 2650. The predicted molar refractivity (Wildman–Crippen MR) is 306 cm³/mol. The van der Waals surface area contributed by atoms with E-state index in [4.69, 9.17) is 0 Å². The van der Waals surface area contributed by atoms with Crippen LogP contribution in [0.5, 0.6) is 0 Å². The van der Waals surface area contributed by atoms with E-state index >= 15 is 0 Å². The molecule has 1 aliphatic rings. The van der Waals surface area contributed by atoms with Gasteiger partial charge in [-0.15, -0.1) is 43.6 Å². The molecule has 354 valence electrons. The zero-order valence-corrected chi connectivity index (χ0v) is 45.3. The summed E-state index contributed by atoms with van der Waals surface area (Å²) in [6, 6.07) is 89.4. The van der Waals surface area contributed by atoms with E-state index in [0.717, 1.165) is 44.9 Å². The van der Waals surface area contributed by atoms with Crippen LogP contribution in [-0.4, -0.2) is 8.07 Å². The van der Waals surface area contributed by atoms with E-state index in [0.29, 0.717) is 0 Å². The quantitative estimate of drug-likeness (QED) is 0.0514. The maximum Gasteiger partial charge on any atom is 0.0994 e. The molecule has 5 heteroatoms. The van der Waals surface area contributed by atoms with Crippen LogP contribution in [0, 0.1) is 6.08 Å². The van der Waals surface area contributed by atoms with Gasteiger partial charge in [-0.05, 0) is 105 Å². The van der Waals surface area contributed by atoms with Crippen molar-refractivity contribution in [1.82, 2.24) is 0 Å². The van der Waals surface area contributed by atoms with E-state index in [2.05, 4.69) is 256 Å². The zero-order chi connectivity index (χ0) is 45.3. The fourth-order valence-electron chi connectivity index (χ4n) is 10.5. The van der Waals surface area contributed by atoms with Gasteiger partial charge in [-0.25, -0.2) is 5.57 Å². The normalized spacial score (nSPS) is 11.7. The van der Waals surface area contributed by atoms with E-state index in [1.807, 2.05) is 0 Å². The molecule has 0 fully saturated rings. The van der Waals surface area contributed by atoms with Crippen LogP contribution in [0.25, 0.3) is 0 Å². The molecule has 0 aromatic heterocycles. The van der Waals surface area contributed by atoms with Gasteiger partial charge in [0, 0.05) is 21.7 Å². The van der Waals surface area contributed by atoms with Gasteiger partial charge in [0.25, 0.3) is 0 Å². The van der Waals surface area contributed by atoms with Crippen molar-refractivity contribution in [1.29, 1.82) is 0 Å². The van der Waals surface area contributed by atoms with Crippen LogP contribution in [0.15, 0.2) is 253 Å². The predicted octanol–water partition coefficient (Wildman–Crippen LogP) is 14.6. The third kappa shape index (κ3) is 13.4. The number of halogens is 3. The molecule has 9 aromatic rings. The van der Waals surface area contributed by atoms with E-state index < -0.39 is 8.07 Å². The number of hydrogen-bond donors (Lipinski definition) is 0. The molecule has 1 aliphatic carbocycles. The van der Waals surface area contributed by atoms with Gasteiger partial charge in [0.15, 0.2) is 0 Å². The SMILES string of the molecule is CC1=[C-]CC=C1[Si](c1cc(Cc2ccccc2)cc(Cc2ccccc2)c1)(c1cc(Cc2ccccc2)cc(Cc2ccccc2)c1)c1cc(Cc2ccccc2)cc(Cc2ccccc2)c1.Cl.Cl.Cl.[Ti]. The Balaban J connectivity index is 0.00000206. The summed E-state index contributed by atoms with van der Waals surface area (Å²) < 4.78 is 0. The van der Waals surface area contributed by atoms with E-state index in [1.54, 1.807) is 0 Å². The molecular formula is C66H60Cl3SiTi-. The Morgan fingerprint density at radius 3 is 0.704 bits per heavy atom. The van der Waals surface area contributed by atoms with Crippen molar-refractivity contribution in [2.75, 3.05) is 0 Å². The van der Waals surface area contributed by atoms with Crippen LogP contribution in [0.1, 0.15) is 80.1 Å². The molecule has 0 heterocycles. The van der Waals surface area contributed by atoms with Crippen molar-refractivity contribution in [2.24, 2.45) is 0 Å². The summed E-state index contributed by atoms with van der Waals surface area (Å²) in [5.74, 6) is 0. The molecule has 0 unspecified atom stereocenters. The molecule has 71 heavy (non-hydrogen) atoms. The van der Waals surface area contributed by atoms with Crippen molar-refractivity contribution in [3.05, 3.63) is 326 Å². The molecule has 0 amide bonds. The monoisotopic (exact) mass is 1030 g/mol. The second-order valence-electron chi connectivity index (χ2n) is 18.5. The first kappa shape index (κ1) is 54.6. The fraction of sp³-hybridized carbons (Fsp3) is 0.121. The van der Waals surface area contributed by atoms with E-state index in [1.165, 1.54) is 93.1 Å². The standard InChI is InChI=1S/C66H57Si.3ClH.Ti/c1-50-21-20-34-66(50)67(63-44-57(35-51-22-8-2-9-23-51)41-58(45-63)36-52-24-10-3-11-25-52,64-46-59(37-53-26-12-4-13-27-53)42-60(47-64)38-54-28-14-5-15-29-54)65-48-61(39-55-30-16-6-17-31-55)43-62(49-65)40-56-32-18-7-19-33-56;;;;/h2-19,22-34,41-49H,20,35-40H2,1H3;3*1H;/q-1;;;;. The Morgan fingerprint density at radius 2 is 0.521 bits per heavy atom. The largest absolute Gasteiger partial charge is 0.270 e. The summed E-state index contributed by atoms with van der Waals surface area (Å²) in [7, 11) is -3.18. The van der Waals surface area contributed by atoms with Gasteiger partial charge in [-0.1, -0.05) is 259 Å². The minimum absolute atomic E-state index is 0. The average Bonchev–Trinajstić information content (AvgIpc) is 3.79. The Morgan fingerprint density at radius 1 is 0.310 bits per heavy atom. The van der Waals surface area contributed by atoms with Crippen LogP contribution in [0.3, 0.4) is 0 Å². The van der Waals surface area contributed by atoms with Crippen LogP contribution in [-0.2, 0) is 60.2 Å². The molecule has 0 atom stereocenters. The minimum atomic E-state index is -3.18. The number of hydrogen-bond acceptors (Lipinski definition) is 0. The Kier molecular flexibility index (Phi) is 20.1. The molecule has 0 saturated heterocycles. The molecule has 0 N–H and O–H groups in total. The molecule has 10 rings (SSSR count). The maximum atomic E-state index is 3.87. The number of benzene rings is 9. The third-order valence-electron chi connectivity index (χ3n) is 13.4. The van der Waals surface area contributed by atoms with E-state index in [-0.39, 0.29) is 58.9 Å². The van der Waals surface area contributed by atoms with Gasteiger partial charge in [-0.2, -0.15) is 11.3 Å². The molecule has 9 aromatic carbocycles. The summed E-state index contributed by atoms with van der Waals surface area (Å²) in [4.78, 5) is 0. The van der Waals surface area contributed by atoms with Crippen LogP contribution in [0.4, 0.5) is 0 Å². The van der Waals surface area contributed by atoms with Crippen LogP contribution >= 0.6 is 37.2 Å². The fourth-order valence-corrected chi connectivity index (χ4v) is 15.9. The Labute approximate surface area is 457 Å². The van der Waals surface area contributed by atoms with Gasteiger partial charge >= 0.3 is 0 Å². The first-order valence-corrected chi connectivity index (χ1v) is 26.0. The summed E-state index contributed by atoms with van der Waals surface area (Å²) >= 11 is 0. The molecule has 0 nitrogen and oxygen atoms in total. The molecule has 0 spiro atoms. The van der Waals surface area contributed by atoms with Crippen molar-refractivity contribution in [2.45, 2.75) is 51.9 Å². The number of rotatable bonds is 16. The van der Waals surface area contributed by atoms with Crippen LogP contribution in [0.2, 0.25) is 0 Å². The second-order valence-corrected chi connectivity index (χ2v) is 22.2. The average molecular weight is 1040 g/mol. The summed E-state index contributed by atoms with van der Waals surface area (Å²) in [5, 5.41) is 5.77. The van der Waals surface area contributed by atoms with Gasteiger partial charge in [0.1, 0.15) is 0 Å². The molecular weight excluding hydrogens is 975 g/mol. The van der Waals surface area contributed by atoms with Crippen LogP contribution < -0.4 is 15.6 Å². The number of allylic oxidation sites excluding steroid dienone is 4. The van der Waals surface area contributed by atoms with Gasteiger partial charge < -0.3 is 0 Å². The second kappa shape index (κ2) is 26.1. The maximum absolute atomic E-state index is 3.87. The van der Waals surface area contributed by atoms with Gasteiger partial charge in [0.05, 0.1) is 8.07 Å². The first-order chi connectivity index (χ1) is 33.0. The minimum Gasteiger partial charge on any atom is -0.270 e. The van der Waals surface area contributed by atoms with E-state index in [9.17, 15) is 0 Å². The van der Waals surface area contributed by atoms with Crippen molar-refractivity contribution >= 4 is 60.9 Å². The van der Waals surface area contributed by atoms with Gasteiger partial charge in [0.2, 0.25) is 0 Å². The van der Waals surface area contributed by atoms with Gasteiger partial charge in [-0.3, -0.25) is 6.08 Å². The third-order valence-corrected chi connectivity index (χ3v) is 18.3. The van der Waals surface area contributed by atoms with Crippen molar-refractivity contribution in [3.63, 3.8) is 0 Å². The summed E-state index contributed by atoms with van der Waals surface area (Å²) in [6.07, 6.45) is 12.4. The summed E-state index contributed by atoms with van der Waals surface area (Å²) in [6.45, 7) is 2.33. The smallest absolute Gasteiger partial charge is 0.0994 e. The molecule has 0 radical (unpaired) electrons. The zero-order valence-electron chi connectivity index (χ0n) is 40.3. The first-order valence-electron chi connectivity index (χ1n) is 24.0. The van der Waals surface area contributed by atoms with Crippen molar-refractivity contribution in [3.8, 4) is 0 Å². The molecule has 0 aliphatic heterocycles. The summed E-state index contributed by atoms with van der Waals surface area (Å²) in [5.41, 5.74) is 17.3. The Hall–Kier alpha value is -5.74. The molecule has 0 saturated carbocycles. The molecule has 0 bridgehead atoms. The van der Waals surface area contributed by atoms with Crippen molar-refractivity contribution < 1.29 is 21.7 Å². The topological polar surface area (TPSA) is 0 Å².